The molecular formula is C17H32N2O. The summed E-state index contributed by atoms with van der Waals surface area (Å²) in [5, 5.41) is 3.53. The van der Waals surface area contributed by atoms with Crippen LogP contribution >= 0.6 is 0 Å². The third-order valence-electron chi connectivity index (χ3n) is 5.31. The minimum atomic E-state index is 0.0805. The first-order valence-corrected chi connectivity index (χ1v) is 8.76. The molecule has 116 valence electrons. The molecule has 0 aromatic carbocycles. The molecule has 1 heterocycles. The van der Waals surface area contributed by atoms with E-state index in [0.717, 1.165) is 37.6 Å². The summed E-state index contributed by atoms with van der Waals surface area (Å²) < 4.78 is 0. The molecule has 0 spiro atoms. The summed E-state index contributed by atoms with van der Waals surface area (Å²) in [6.45, 7) is 7.63. The predicted octanol–water partition coefficient (Wildman–Crippen LogP) is 3.54. The molecule has 2 aliphatic rings. The van der Waals surface area contributed by atoms with E-state index in [1.54, 1.807) is 0 Å². The van der Waals surface area contributed by atoms with E-state index in [0.29, 0.717) is 5.91 Å². The SMILES string of the molecule is CCCC1NC(CC)N(CC2CCC(CC)CC2)C1=O. The van der Waals surface area contributed by atoms with Gasteiger partial charge in [-0.2, -0.15) is 0 Å². The summed E-state index contributed by atoms with van der Waals surface area (Å²) in [6.07, 6.45) is 10.1. The summed E-state index contributed by atoms with van der Waals surface area (Å²) in [5.74, 6) is 2.03. The highest BCUT2D eigenvalue weighted by Crippen LogP contribution is 2.32. The molecule has 3 heteroatoms. The van der Waals surface area contributed by atoms with Crippen molar-refractivity contribution in [1.29, 1.82) is 0 Å². The average molecular weight is 280 g/mol. The van der Waals surface area contributed by atoms with Crippen molar-refractivity contribution in [3.05, 3.63) is 0 Å². The molecule has 0 radical (unpaired) electrons. The van der Waals surface area contributed by atoms with Gasteiger partial charge in [-0.3, -0.25) is 10.1 Å². The Labute approximate surface area is 124 Å². The van der Waals surface area contributed by atoms with Crippen LogP contribution in [0.3, 0.4) is 0 Å². The summed E-state index contributed by atoms with van der Waals surface area (Å²) in [5.41, 5.74) is 0. The second kappa shape index (κ2) is 7.44. The normalized spacial score (nSPS) is 34.8. The number of hydrogen-bond donors (Lipinski definition) is 1. The van der Waals surface area contributed by atoms with Crippen molar-refractivity contribution in [3.8, 4) is 0 Å². The van der Waals surface area contributed by atoms with Gasteiger partial charge < -0.3 is 4.90 Å². The number of carbonyl (C=O) groups excluding carboxylic acids is 1. The highest BCUT2D eigenvalue weighted by atomic mass is 16.2. The van der Waals surface area contributed by atoms with Crippen LogP contribution < -0.4 is 5.32 Å². The van der Waals surface area contributed by atoms with Crippen LogP contribution in [0.15, 0.2) is 0 Å². The smallest absolute Gasteiger partial charge is 0.241 e. The highest BCUT2D eigenvalue weighted by Gasteiger charge is 2.38. The van der Waals surface area contributed by atoms with Gasteiger partial charge in [-0.1, -0.05) is 46.5 Å². The molecule has 1 aliphatic heterocycles. The zero-order chi connectivity index (χ0) is 14.5. The molecule has 1 aliphatic carbocycles. The molecule has 1 saturated heterocycles. The molecule has 1 saturated carbocycles. The van der Waals surface area contributed by atoms with E-state index in [2.05, 4.69) is 31.0 Å². The van der Waals surface area contributed by atoms with Crippen molar-refractivity contribution in [3.63, 3.8) is 0 Å². The molecule has 2 rings (SSSR count). The number of nitrogens with zero attached hydrogens (tertiary/aromatic N) is 1. The van der Waals surface area contributed by atoms with Crippen molar-refractivity contribution >= 4 is 5.91 Å². The Bertz CT molecular complexity index is 310. The molecular weight excluding hydrogens is 248 g/mol. The van der Waals surface area contributed by atoms with E-state index in [1.165, 1.54) is 32.1 Å². The van der Waals surface area contributed by atoms with Crippen molar-refractivity contribution in [2.45, 2.75) is 84.3 Å². The van der Waals surface area contributed by atoms with Crippen LogP contribution in [0.25, 0.3) is 0 Å². The van der Waals surface area contributed by atoms with Gasteiger partial charge in [-0.15, -0.1) is 0 Å². The largest absolute Gasteiger partial charge is 0.326 e. The Kier molecular flexibility index (Phi) is 5.88. The highest BCUT2D eigenvalue weighted by molar-refractivity contribution is 5.84. The molecule has 0 aromatic heterocycles. The van der Waals surface area contributed by atoms with Gasteiger partial charge in [0.2, 0.25) is 5.91 Å². The number of amides is 1. The lowest BCUT2D eigenvalue weighted by Gasteiger charge is -2.32. The van der Waals surface area contributed by atoms with Crippen molar-refractivity contribution in [2.24, 2.45) is 11.8 Å². The van der Waals surface area contributed by atoms with E-state index >= 15 is 0 Å². The fourth-order valence-corrected chi connectivity index (χ4v) is 3.90. The van der Waals surface area contributed by atoms with Gasteiger partial charge in [0.15, 0.2) is 0 Å². The maximum Gasteiger partial charge on any atom is 0.241 e. The van der Waals surface area contributed by atoms with Gasteiger partial charge in [0.25, 0.3) is 0 Å². The Morgan fingerprint density at radius 2 is 1.70 bits per heavy atom. The third kappa shape index (κ3) is 3.55. The van der Waals surface area contributed by atoms with Gasteiger partial charge in [-0.05, 0) is 37.5 Å². The minimum Gasteiger partial charge on any atom is -0.326 e. The van der Waals surface area contributed by atoms with E-state index < -0.39 is 0 Å². The lowest BCUT2D eigenvalue weighted by atomic mass is 9.80. The predicted molar refractivity (Wildman–Crippen MR) is 83.4 cm³/mol. The van der Waals surface area contributed by atoms with Crippen molar-refractivity contribution in [1.82, 2.24) is 10.2 Å². The van der Waals surface area contributed by atoms with Crippen LogP contribution in [-0.4, -0.2) is 29.6 Å². The van der Waals surface area contributed by atoms with Gasteiger partial charge in [0.1, 0.15) is 0 Å². The first kappa shape index (κ1) is 15.8. The topological polar surface area (TPSA) is 32.3 Å². The van der Waals surface area contributed by atoms with Crippen LogP contribution in [-0.2, 0) is 4.79 Å². The third-order valence-corrected chi connectivity index (χ3v) is 5.31. The molecule has 0 bridgehead atoms. The minimum absolute atomic E-state index is 0.0805. The summed E-state index contributed by atoms with van der Waals surface area (Å²) in [7, 11) is 0. The fourth-order valence-electron chi connectivity index (χ4n) is 3.90. The molecule has 2 atom stereocenters. The van der Waals surface area contributed by atoms with Gasteiger partial charge in [0.05, 0.1) is 12.2 Å². The second-order valence-corrected chi connectivity index (χ2v) is 6.72. The molecule has 0 aromatic rings. The summed E-state index contributed by atoms with van der Waals surface area (Å²) in [6, 6.07) is 0.0805. The maximum atomic E-state index is 12.5. The first-order chi connectivity index (χ1) is 9.69. The van der Waals surface area contributed by atoms with Gasteiger partial charge in [-0.25, -0.2) is 0 Å². The average Bonchev–Trinajstić information content (AvgIpc) is 2.77. The molecule has 3 nitrogen and oxygen atoms in total. The van der Waals surface area contributed by atoms with Crippen molar-refractivity contribution in [2.75, 3.05) is 6.54 Å². The Morgan fingerprint density at radius 3 is 2.25 bits per heavy atom. The van der Waals surface area contributed by atoms with Crippen LogP contribution in [0, 0.1) is 11.8 Å². The Morgan fingerprint density at radius 1 is 1.05 bits per heavy atom. The van der Waals surface area contributed by atoms with E-state index in [-0.39, 0.29) is 12.2 Å². The first-order valence-electron chi connectivity index (χ1n) is 8.76. The van der Waals surface area contributed by atoms with E-state index in [9.17, 15) is 4.79 Å². The number of carbonyl (C=O) groups is 1. The molecule has 20 heavy (non-hydrogen) atoms. The van der Waals surface area contributed by atoms with Crippen molar-refractivity contribution < 1.29 is 4.79 Å². The number of nitrogens with one attached hydrogen (secondary N) is 1. The lowest BCUT2D eigenvalue weighted by molar-refractivity contribution is -0.131. The van der Waals surface area contributed by atoms with Crippen LogP contribution in [0.5, 0.6) is 0 Å². The van der Waals surface area contributed by atoms with Crippen LogP contribution in [0.1, 0.15) is 72.1 Å². The quantitative estimate of drug-likeness (QED) is 0.807. The van der Waals surface area contributed by atoms with E-state index in [4.69, 9.17) is 0 Å². The zero-order valence-electron chi connectivity index (χ0n) is 13.5. The molecule has 1 N–H and O–H groups in total. The second-order valence-electron chi connectivity index (χ2n) is 6.72. The van der Waals surface area contributed by atoms with E-state index in [1.807, 2.05) is 0 Å². The van der Waals surface area contributed by atoms with Crippen LogP contribution in [0.4, 0.5) is 0 Å². The molecule has 1 amide bonds. The van der Waals surface area contributed by atoms with Gasteiger partial charge in [0, 0.05) is 6.54 Å². The fraction of sp³-hybridized carbons (Fsp3) is 0.941. The summed E-state index contributed by atoms with van der Waals surface area (Å²) >= 11 is 0. The molecule has 2 fully saturated rings. The lowest BCUT2D eigenvalue weighted by Crippen LogP contribution is -2.40. The maximum absolute atomic E-state index is 12.5. The molecule has 2 unspecified atom stereocenters. The van der Waals surface area contributed by atoms with Gasteiger partial charge >= 0.3 is 0 Å². The Balaban J connectivity index is 1.89. The summed E-state index contributed by atoms with van der Waals surface area (Å²) in [4.78, 5) is 14.7. The Hall–Kier alpha value is -0.570. The van der Waals surface area contributed by atoms with Crippen LogP contribution in [0.2, 0.25) is 0 Å². The standard InChI is InChI=1S/C17H32N2O/c1-4-7-15-17(20)19(16(6-3)18-15)12-14-10-8-13(5-2)9-11-14/h13-16,18H,4-12H2,1-3H3. The zero-order valence-corrected chi connectivity index (χ0v) is 13.5. The number of hydrogen-bond acceptors (Lipinski definition) is 2. The number of rotatable bonds is 6. The monoisotopic (exact) mass is 280 g/mol.